The van der Waals surface area contributed by atoms with Gasteiger partial charge in [-0.15, -0.1) is 0 Å². The predicted molar refractivity (Wildman–Crippen MR) is 71.8 cm³/mol. The van der Waals surface area contributed by atoms with Gasteiger partial charge in [0.2, 0.25) is 0 Å². The molecule has 1 aliphatic rings. The third-order valence-corrected chi connectivity index (χ3v) is 3.43. The molecule has 1 fully saturated rings. The number of carbonyl (C=O) groups excluding carboxylic acids is 1. The quantitative estimate of drug-likeness (QED) is 0.793. The molecule has 0 bridgehead atoms. The Hall–Kier alpha value is -0.960. The van der Waals surface area contributed by atoms with E-state index in [-0.39, 0.29) is 5.78 Å². The lowest BCUT2D eigenvalue weighted by Gasteiger charge is -2.12. The van der Waals surface area contributed by atoms with Crippen LogP contribution in [0.3, 0.4) is 0 Å². The summed E-state index contributed by atoms with van der Waals surface area (Å²) in [6.45, 7) is 0. The highest BCUT2D eigenvalue weighted by Gasteiger charge is 2.08. The number of allylic oxidation sites excluding steroid dienone is 2. The highest BCUT2D eigenvalue weighted by atomic mass is 79.9. The van der Waals surface area contributed by atoms with Crippen molar-refractivity contribution in [2.75, 3.05) is 0 Å². The van der Waals surface area contributed by atoms with Crippen molar-refractivity contribution in [1.29, 1.82) is 0 Å². The van der Waals surface area contributed by atoms with Gasteiger partial charge in [-0.2, -0.15) is 0 Å². The second kappa shape index (κ2) is 6.10. The first kappa shape index (κ1) is 12.5. The first-order valence-corrected chi connectivity index (χ1v) is 6.85. The molecule has 1 heterocycles. The minimum atomic E-state index is 0.196. The Morgan fingerprint density at radius 1 is 1.29 bits per heavy atom. The Balaban J connectivity index is 1.97. The number of ketones is 1. The summed E-state index contributed by atoms with van der Waals surface area (Å²) in [5, 5.41) is 0. The van der Waals surface area contributed by atoms with Gasteiger partial charge < -0.3 is 0 Å². The second-order valence-corrected chi connectivity index (χ2v) is 5.43. The molecule has 0 aliphatic heterocycles. The number of halogens is 1. The minimum Gasteiger partial charge on any atom is -0.294 e. The zero-order valence-corrected chi connectivity index (χ0v) is 11.4. The molecule has 0 amide bonds. The van der Waals surface area contributed by atoms with E-state index < -0.39 is 0 Å². The third kappa shape index (κ3) is 4.08. The molecule has 0 N–H and O–H groups in total. The molecule has 0 spiro atoms. The van der Waals surface area contributed by atoms with Crippen LogP contribution in [-0.2, 0) is 11.2 Å². The molecule has 0 radical (unpaired) electrons. The zero-order chi connectivity index (χ0) is 12.1. The molecule has 90 valence electrons. The minimum absolute atomic E-state index is 0.196. The average Bonchev–Trinajstić information content (AvgIpc) is 2.30. The summed E-state index contributed by atoms with van der Waals surface area (Å²) in [4.78, 5) is 15.9. The van der Waals surface area contributed by atoms with Crippen LogP contribution in [0.1, 0.15) is 37.7 Å². The molecular weight excluding hydrogens is 278 g/mol. The fraction of sp³-hybridized carbons (Fsp3) is 0.429. The first-order valence-electron chi connectivity index (χ1n) is 6.06. The monoisotopic (exact) mass is 293 g/mol. The van der Waals surface area contributed by atoms with Gasteiger partial charge in [0, 0.05) is 23.3 Å². The molecule has 1 aromatic rings. The van der Waals surface area contributed by atoms with Crippen molar-refractivity contribution in [1.82, 2.24) is 4.98 Å². The predicted octanol–water partition coefficient (Wildman–Crippen LogP) is 3.85. The van der Waals surface area contributed by atoms with E-state index in [2.05, 4.69) is 20.9 Å². The number of carbonyl (C=O) groups is 1. The lowest BCUT2D eigenvalue weighted by molar-refractivity contribution is -0.114. The third-order valence-electron chi connectivity index (χ3n) is 3.00. The Morgan fingerprint density at radius 3 is 2.76 bits per heavy atom. The SMILES string of the molecule is O=C(C=C1CCCCC1)Cc1cncc(Br)c1. The van der Waals surface area contributed by atoms with Gasteiger partial charge in [0.05, 0.1) is 0 Å². The van der Waals surface area contributed by atoms with Crippen molar-refractivity contribution < 1.29 is 4.79 Å². The van der Waals surface area contributed by atoms with Crippen LogP contribution in [0.2, 0.25) is 0 Å². The van der Waals surface area contributed by atoms with E-state index in [1.165, 1.54) is 24.8 Å². The summed E-state index contributed by atoms with van der Waals surface area (Å²) < 4.78 is 0.924. The molecule has 1 aromatic heterocycles. The Morgan fingerprint density at radius 2 is 2.06 bits per heavy atom. The summed E-state index contributed by atoms with van der Waals surface area (Å²) in [5.74, 6) is 0.196. The van der Waals surface area contributed by atoms with Crippen LogP contribution in [0, 0.1) is 0 Å². The Bertz CT molecular complexity index is 432. The van der Waals surface area contributed by atoms with Crippen molar-refractivity contribution in [2.45, 2.75) is 38.5 Å². The van der Waals surface area contributed by atoms with Crippen LogP contribution >= 0.6 is 15.9 Å². The average molecular weight is 294 g/mol. The lowest BCUT2D eigenvalue weighted by atomic mass is 9.93. The van der Waals surface area contributed by atoms with Crippen LogP contribution in [0.15, 0.2) is 34.6 Å². The molecule has 2 nitrogen and oxygen atoms in total. The van der Waals surface area contributed by atoms with Gasteiger partial charge >= 0.3 is 0 Å². The van der Waals surface area contributed by atoms with E-state index in [1.54, 1.807) is 12.4 Å². The Kier molecular flexibility index (Phi) is 4.49. The van der Waals surface area contributed by atoms with Crippen molar-refractivity contribution in [3.05, 3.63) is 40.1 Å². The van der Waals surface area contributed by atoms with Crippen molar-refractivity contribution in [3.8, 4) is 0 Å². The van der Waals surface area contributed by atoms with Crippen molar-refractivity contribution in [3.63, 3.8) is 0 Å². The van der Waals surface area contributed by atoms with Gasteiger partial charge in [0.25, 0.3) is 0 Å². The summed E-state index contributed by atoms with van der Waals surface area (Å²) >= 11 is 3.36. The first-order chi connectivity index (χ1) is 8.24. The molecule has 1 aliphatic carbocycles. The van der Waals surface area contributed by atoms with Gasteiger partial charge in [0.15, 0.2) is 5.78 Å². The van der Waals surface area contributed by atoms with E-state index >= 15 is 0 Å². The Labute approximate surface area is 110 Å². The molecule has 0 unspecified atom stereocenters. The molecule has 3 heteroatoms. The fourth-order valence-electron chi connectivity index (χ4n) is 2.18. The van der Waals surface area contributed by atoms with Crippen LogP contribution in [0.5, 0.6) is 0 Å². The standard InChI is InChI=1S/C14H16BrNO/c15-13-6-12(9-16-10-13)8-14(17)7-11-4-2-1-3-5-11/h6-7,9-10H,1-5,8H2. The highest BCUT2D eigenvalue weighted by molar-refractivity contribution is 9.10. The van der Waals surface area contributed by atoms with Gasteiger partial charge in [-0.1, -0.05) is 12.0 Å². The maximum atomic E-state index is 11.9. The van der Waals surface area contributed by atoms with Gasteiger partial charge in [0.1, 0.15) is 0 Å². The number of aromatic nitrogens is 1. The van der Waals surface area contributed by atoms with Crippen LogP contribution in [0.4, 0.5) is 0 Å². The van der Waals surface area contributed by atoms with E-state index in [4.69, 9.17) is 0 Å². The van der Waals surface area contributed by atoms with Gasteiger partial charge in [-0.3, -0.25) is 9.78 Å². The molecule has 0 aromatic carbocycles. The van der Waals surface area contributed by atoms with E-state index in [0.717, 1.165) is 22.9 Å². The summed E-state index contributed by atoms with van der Waals surface area (Å²) in [7, 11) is 0. The molecule has 17 heavy (non-hydrogen) atoms. The zero-order valence-electron chi connectivity index (χ0n) is 9.79. The molecule has 0 atom stereocenters. The summed E-state index contributed by atoms with van der Waals surface area (Å²) in [5.41, 5.74) is 2.29. The fourth-order valence-corrected chi connectivity index (χ4v) is 2.59. The lowest BCUT2D eigenvalue weighted by Crippen LogP contribution is -2.03. The smallest absolute Gasteiger partial charge is 0.160 e. The van der Waals surface area contributed by atoms with Crippen molar-refractivity contribution in [2.24, 2.45) is 0 Å². The number of hydrogen-bond donors (Lipinski definition) is 0. The van der Waals surface area contributed by atoms with Crippen LogP contribution in [-0.4, -0.2) is 10.8 Å². The summed E-state index contributed by atoms with van der Waals surface area (Å²) in [6.07, 6.45) is 11.8. The van der Waals surface area contributed by atoms with Crippen LogP contribution in [0.25, 0.3) is 0 Å². The normalized spacial score (nSPS) is 15.7. The highest BCUT2D eigenvalue weighted by Crippen LogP contribution is 2.22. The molecule has 2 rings (SSSR count). The van der Waals surface area contributed by atoms with Gasteiger partial charge in [-0.05, 0) is 59.3 Å². The number of rotatable bonds is 3. The van der Waals surface area contributed by atoms with E-state index in [1.807, 2.05) is 12.1 Å². The number of pyridine rings is 1. The van der Waals surface area contributed by atoms with Crippen LogP contribution < -0.4 is 0 Å². The van der Waals surface area contributed by atoms with E-state index in [9.17, 15) is 4.79 Å². The second-order valence-electron chi connectivity index (χ2n) is 4.52. The molecule has 0 saturated heterocycles. The maximum absolute atomic E-state index is 11.9. The van der Waals surface area contributed by atoms with Gasteiger partial charge in [-0.25, -0.2) is 0 Å². The number of hydrogen-bond acceptors (Lipinski definition) is 2. The topological polar surface area (TPSA) is 30.0 Å². The maximum Gasteiger partial charge on any atom is 0.160 e. The largest absolute Gasteiger partial charge is 0.294 e. The molecule has 1 saturated carbocycles. The van der Waals surface area contributed by atoms with E-state index in [0.29, 0.717) is 6.42 Å². The number of nitrogens with zero attached hydrogens (tertiary/aromatic N) is 1. The summed E-state index contributed by atoms with van der Waals surface area (Å²) in [6, 6.07) is 1.95. The molecular formula is C14H16BrNO. The van der Waals surface area contributed by atoms with Crippen molar-refractivity contribution >= 4 is 21.7 Å².